The molecule has 1 rings (SSSR count). The van der Waals surface area contributed by atoms with Gasteiger partial charge in [0.2, 0.25) is 0 Å². The molecule has 54 valence electrons. The molecule has 0 heterocycles. The van der Waals surface area contributed by atoms with E-state index in [4.69, 9.17) is 3.32 Å². The Kier molecular flexibility index (Phi) is 5.37. The Morgan fingerprint density at radius 1 is 1.70 bits per heavy atom. The van der Waals surface area contributed by atoms with Gasteiger partial charge in [0, 0.05) is 0 Å². The first-order valence-electron chi connectivity index (χ1n) is 3.02. The second-order valence-electron chi connectivity index (χ2n) is 2.13. The van der Waals surface area contributed by atoms with Crippen molar-refractivity contribution in [1.82, 2.24) is 0 Å². The quantitative estimate of drug-likeness (QED) is 0.497. The van der Waals surface area contributed by atoms with Crippen molar-refractivity contribution in [2.24, 2.45) is 0 Å². The Balaban J connectivity index is 0.000000810. The van der Waals surface area contributed by atoms with Crippen LogP contribution in [0, 0.1) is 0 Å². The van der Waals surface area contributed by atoms with Gasteiger partial charge < -0.3 is 12.4 Å². The van der Waals surface area contributed by atoms with Crippen LogP contribution in [0.2, 0.25) is 0 Å². The molecule has 0 fully saturated rings. The Morgan fingerprint density at radius 2 is 2.40 bits per heavy atom. The Bertz CT molecular complexity index is 154. The summed E-state index contributed by atoms with van der Waals surface area (Å²) in [5, 5.41) is 0. The van der Waals surface area contributed by atoms with E-state index in [1.807, 2.05) is 0 Å². The number of hydrogen-bond donors (Lipinski definition) is 0. The average Bonchev–Trinajstić information content (AvgIpc) is 2.37. The minimum Gasteiger partial charge on any atom is -1.00 e. The third-order valence-electron chi connectivity index (χ3n) is 1.50. The van der Waals surface area contributed by atoms with E-state index in [1.54, 1.807) is 20.8 Å². The zero-order valence-electron chi connectivity index (χ0n) is 5.80. The second kappa shape index (κ2) is 5.14. The molecule has 0 spiro atoms. The van der Waals surface area contributed by atoms with Crippen LogP contribution >= 0.6 is 0 Å². The minimum absolute atomic E-state index is 0. The monoisotopic (exact) mass is 192 g/mol. The van der Waals surface area contributed by atoms with Crippen LogP contribution in [0.5, 0.6) is 0 Å². The van der Waals surface area contributed by atoms with Gasteiger partial charge >= 0.3 is 67.4 Å². The minimum atomic E-state index is 0. The van der Waals surface area contributed by atoms with Crippen molar-refractivity contribution in [3.05, 3.63) is 23.8 Å². The van der Waals surface area contributed by atoms with E-state index in [2.05, 4.69) is 25.2 Å². The van der Waals surface area contributed by atoms with E-state index in [1.165, 1.54) is 5.57 Å². The summed E-state index contributed by atoms with van der Waals surface area (Å²) >= 11 is 1.74. The predicted molar refractivity (Wildman–Crippen MR) is 32.4 cm³/mol. The first-order chi connectivity index (χ1) is 4.34. The molecule has 0 aliphatic heterocycles. The molecule has 0 N–H and O–H groups in total. The SMILES string of the molecule is CC([O][Ti+])C1=CC=CC1.[Cl-]. The molecule has 0 amide bonds. The molecular formula is C7H9ClOTi. The van der Waals surface area contributed by atoms with Crippen molar-refractivity contribution in [3.8, 4) is 0 Å². The normalized spacial score (nSPS) is 17.8. The Labute approximate surface area is 79.8 Å². The summed E-state index contributed by atoms with van der Waals surface area (Å²) in [5.74, 6) is 0. The molecule has 0 saturated heterocycles. The fraction of sp³-hybridized carbons (Fsp3) is 0.429. The molecule has 1 nitrogen and oxygen atoms in total. The summed E-state index contributed by atoms with van der Waals surface area (Å²) < 4.78 is 5.13. The van der Waals surface area contributed by atoms with Crippen LogP contribution in [0.3, 0.4) is 0 Å². The van der Waals surface area contributed by atoms with Crippen molar-refractivity contribution < 1.29 is 36.5 Å². The average molecular weight is 192 g/mol. The third-order valence-corrected chi connectivity index (χ3v) is 2.05. The smallest absolute Gasteiger partial charge is 1.00 e. The van der Waals surface area contributed by atoms with Crippen LogP contribution in [-0.4, -0.2) is 6.10 Å². The van der Waals surface area contributed by atoms with Gasteiger partial charge in [0.1, 0.15) is 0 Å². The molecule has 1 unspecified atom stereocenters. The first kappa shape index (κ1) is 10.4. The van der Waals surface area contributed by atoms with Crippen molar-refractivity contribution in [2.75, 3.05) is 0 Å². The zero-order chi connectivity index (χ0) is 6.69. The van der Waals surface area contributed by atoms with Crippen molar-refractivity contribution in [2.45, 2.75) is 19.4 Å². The molecule has 0 bridgehead atoms. The molecule has 10 heavy (non-hydrogen) atoms. The number of hydrogen-bond acceptors (Lipinski definition) is 1. The summed E-state index contributed by atoms with van der Waals surface area (Å²) in [4.78, 5) is 0. The molecule has 1 aliphatic carbocycles. The third kappa shape index (κ3) is 2.59. The maximum atomic E-state index is 5.13. The summed E-state index contributed by atoms with van der Waals surface area (Å²) in [6.07, 6.45) is 7.69. The molecule has 0 saturated carbocycles. The zero-order valence-corrected chi connectivity index (χ0v) is 8.12. The molecule has 0 aromatic rings. The van der Waals surface area contributed by atoms with Gasteiger partial charge in [0.25, 0.3) is 0 Å². The molecule has 3 heteroatoms. The molecule has 1 aliphatic rings. The van der Waals surface area contributed by atoms with Crippen LogP contribution in [0.15, 0.2) is 23.8 Å². The van der Waals surface area contributed by atoms with Gasteiger partial charge in [-0.1, -0.05) is 0 Å². The Hall–Kier alpha value is 0.444. The maximum absolute atomic E-state index is 5.13. The molecule has 1 atom stereocenters. The van der Waals surface area contributed by atoms with E-state index >= 15 is 0 Å². The summed E-state index contributed by atoms with van der Waals surface area (Å²) in [7, 11) is 0. The second-order valence-corrected chi connectivity index (χ2v) is 2.50. The number of halogens is 1. The fourth-order valence-corrected chi connectivity index (χ4v) is 1.08. The van der Waals surface area contributed by atoms with Gasteiger partial charge in [-0.2, -0.15) is 0 Å². The standard InChI is InChI=1S/C7H9O.ClH.Ti/c1-6(8)7-4-2-3-5-7;;/h2-4,6H,5H2,1H3;1H;/q-1;;+2/p-1. The molecule has 0 aromatic carbocycles. The fourth-order valence-electron chi connectivity index (χ4n) is 0.841. The first-order valence-corrected chi connectivity index (χ1v) is 3.66. The molecular weight excluding hydrogens is 183 g/mol. The maximum Gasteiger partial charge on any atom is -1.00 e. The molecule has 0 aromatic heterocycles. The van der Waals surface area contributed by atoms with Gasteiger partial charge in [-0.3, -0.25) is 0 Å². The van der Waals surface area contributed by atoms with Crippen molar-refractivity contribution in [1.29, 1.82) is 0 Å². The van der Waals surface area contributed by atoms with Gasteiger partial charge in [0.05, 0.1) is 0 Å². The van der Waals surface area contributed by atoms with Crippen molar-refractivity contribution in [3.63, 3.8) is 0 Å². The van der Waals surface area contributed by atoms with E-state index in [9.17, 15) is 0 Å². The van der Waals surface area contributed by atoms with Crippen molar-refractivity contribution >= 4 is 0 Å². The van der Waals surface area contributed by atoms with Gasteiger partial charge in [0.15, 0.2) is 0 Å². The van der Waals surface area contributed by atoms with Gasteiger partial charge in [-0.25, -0.2) is 0 Å². The van der Waals surface area contributed by atoms with E-state index in [0.717, 1.165) is 6.42 Å². The number of rotatable bonds is 2. The Morgan fingerprint density at radius 3 is 2.80 bits per heavy atom. The van der Waals surface area contributed by atoms with Gasteiger partial charge in [-0.05, 0) is 0 Å². The van der Waals surface area contributed by atoms with Gasteiger partial charge in [-0.15, -0.1) is 0 Å². The van der Waals surface area contributed by atoms with E-state index in [-0.39, 0.29) is 12.4 Å². The topological polar surface area (TPSA) is 9.23 Å². The van der Waals surface area contributed by atoms with E-state index < -0.39 is 0 Å². The number of allylic oxidation sites excluding steroid dienone is 3. The van der Waals surface area contributed by atoms with Crippen LogP contribution in [0.25, 0.3) is 0 Å². The van der Waals surface area contributed by atoms with Crippen LogP contribution in [-0.2, 0) is 24.1 Å². The summed E-state index contributed by atoms with van der Waals surface area (Å²) in [5.41, 5.74) is 1.37. The van der Waals surface area contributed by atoms with E-state index in [0.29, 0.717) is 6.10 Å². The summed E-state index contributed by atoms with van der Waals surface area (Å²) in [6.45, 7) is 2.07. The van der Waals surface area contributed by atoms with Crippen LogP contribution < -0.4 is 12.4 Å². The predicted octanol–water partition coefficient (Wildman–Crippen LogP) is -1.26. The largest absolute Gasteiger partial charge is 1.00 e. The molecule has 0 radical (unpaired) electrons. The van der Waals surface area contributed by atoms with Crippen LogP contribution in [0.4, 0.5) is 0 Å². The van der Waals surface area contributed by atoms with Crippen LogP contribution in [0.1, 0.15) is 13.3 Å². The summed E-state index contributed by atoms with van der Waals surface area (Å²) in [6, 6.07) is 0.